The second-order valence-corrected chi connectivity index (χ2v) is 5.61. The van der Waals surface area contributed by atoms with E-state index in [1.165, 1.54) is 0 Å². The molecule has 2 heterocycles. The number of nitrogens with one attached hydrogen (secondary N) is 1. The van der Waals surface area contributed by atoms with Crippen LogP contribution < -0.4 is 5.32 Å². The highest BCUT2D eigenvalue weighted by atomic mass is 16.5. The Bertz CT molecular complexity index is 392. The fourth-order valence-corrected chi connectivity index (χ4v) is 2.00. The van der Waals surface area contributed by atoms with Gasteiger partial charge in [0.15, 0.2) is 0 Å². The molecule has 1 aliphatic rings. The van der Waals surface area contributed by atoms with Gasteiger partial charge in [0.1, 0.15) is 5.60 Å². The highest BCUT2D eigenvalue weighted by Crippen LogP contribution is 2.34. The molecule has 0 unspecified atom stereocenters. The average molecular weight is 255 g/mol. The van der Waals surface area contributed by atoms with Gasteiger partial charge < -0.3 is 19.3 Å². The minimum atomic E-state index is -0.473. The fraction of sp³-hybridized carbons (Fsp3) is 0.833. The summed E-state index contributed by atoms with van der Waals surface area (Å²) in [5.41, 5.74) is -0.584. The Morgan fingerprint density at radius 2 is 1.94 bits per heavy atom. The number of hydrogen-bond donors (Lipinski definition) is 1. The van der Waals surface area contributed by atoms with Crippen LogP contribution in [0, 0.1) is 0 Å². The van der Waals surface area contributed by atoms with Gasteiger partial charge in [-0.3, -0.25) is 0 Å². The van der Waals surface area contributed by atoms with Crippen molar-refractivity contribution >= 4 is 6.01 Å². The first-order valence-corrected chi connectivity index (χ1v) is 6.20. The largest absolute Gasteiger partial charge is 0.381 e. The highest BCUT2D eigenvalue weighted by Gasteiger charge is 2.39. The minimum absolute atomic E-state index is 0.111. The van der Waals surface area contributed by atoms with E-state index < -0.39 is 5.60 Å². The molecule has 0 radical (unpaired) electrons. The van der Waals surface area contributed by atoms with E-state index in [0.717, 1.165) is 12.8 Å². The second-order valence-electron chi connectivity index (χ2n) is 5.61. The molecule has 0 aromatic carbocycles. The van der Waals surface area contributed by atoms with E-state index in [1.54, 1.807) is 7.11 Å². The molecule has 0 aliphatic carbocycles. The van der Waals surface area contributed by atoms with Crippen molar-refractivity contribution in [1.82, 2.24) is 10.1 Å². The molecule has 0 saturated carbocycles. The molecule has 1 N–H and O–H groups in total. The van der Waals surface area contributed by atoms with Gasteiger partial charge in [-0.25, -0.2) is 0 Å². The van der Waals surface area contributed by atoms with Crippen LogP contribution >= 0.6 is 0 Å². The van der Waals surface area contributed by atoms with Crippen LogP contribution in [0.3, 0.4) is 0 Å². The van der Waals surface area contributed by atoms with Crippen molar-refractivity contribution in [2.24, 2.45) is 0 Å². The Hall–Kier alpha value is -1.14. The van der Waals surface area contributed by atoms with Crippen molar-refractivity contribution in [3.8, 4) is 0 Å². The molecule has 18 heavy (non-hydrogen) atoms. The number of hydrogen-bond acceptors (Lipinski definition) is 6. The predicted molar refractivity (Wildman–Crippen MR) is 66.4 cm³/mol. The summed E-state index contributed by atoms with van der Waals surface area (Å²) >= 11 is 0. The van der Waals surface area contributed by atoms with Gasteiger partial charge in [-0.2, -0.15) is 4.98 Å². The monoisotopic (exact) mass is 255 g/mol. The molecule has 1 aromatic heterocycles. The van der Waals surface area contributed by atoms with Gasteiger partial charge in [0.05, 0.1) is 0 Å². The lowest BCUT2D eigenvalue weighted by atomic mass is 9.93. The third-order valence-electron chi connectivity index (χ3n) is 3.01. The van der Waals surface area contributed by atoms with Crippen molar-refractivity contribution in [2.45, 2.75) is 44.8 Å². The average Bonchev–Trinajstić information content (AvgIpc) is 2.76. The van der Waals surface area contributed by atoms with Crippen LogP contribution in [0.15, 0.2) is 4.52 Å². The first-order valence-electron chi connectivity index (χ1n) is 6.20. The maximum Gasteiger partial charge on any atom is 0.321 e. The normalized spacial score (nSPS) is 19.8. The van der Waals surface area contributed by atoms with Gasteiger partial charge in [0.25, 0.3) is 0 Å². The zero-order valence-corrected chi connectivity index (χ0v) is 11.4. The maximum atomic E-state index is 5.62. The van der Waals surface area contributed by atoms with Crippen molar-refractivity contribution in [2.75, 3.05) is 25.6 Å². The zero-order valence-electron chi connectivity index (χ0n) is 11.4. The topological polar surface area (TPSA) is 69.4 Å². The van der Waals surface area contributed by atoms with Crippen LogP contribution in [0.5, 0.6) is 0 Å². The van der Waals surface area contributed by atoms with Crippen LogP contribution in [0.4, 0.5) is 6.01 Å². The van der Waals surface area contributed by atoms with Gasteiger partial charge in [-0.15, -0.1) is 0 Å². The van der Waals surface area contributed by atoms with Crippen LogP contribution in [0.1, 0.15) is 39.4 Å². The summed E-state index contributed by atoms with van der Waals surface area (Å²) in [7, 11) is 1.68. The molecule has 6 nitrogen and oxygen atoms in total. The molecule has 1 saturated heterocycles. The zero-order chi connectivity index (χ0) is 13.2. The number of ether oxygens (including phenoxy) is 2. The Labute approximate surface area is 107 Å². The molecule has 6 heteroatoms. The van der Waals surface area contributed by atoms with Gasteiger partial charge in [-0.05, 0) is 20.8 Å². The summed E-state index contributed by atoms with van der Waals surface area (Å²) in [6.07, 6.45) is 1.50. The Kier molecular flexibility index (Phi) is 3.59. The number of aromatic nitrogens is 2. The van der Waals surface area contributed by atoms with Crippen LogP contribution in [-0.4, -0.2) is 36.0 Å². The molecular weight excluding hydrogens is 234 g/mol. The minimum Gasteiger partial charge on any atom is -0.381 e. The summed E-state index contributed by atoms with van der Waals surface area (Å²) in [6, 6.07) is 0.431. The van der Waals surface area contributed by atoms with Gasteiger partial charge in [-0.1, -0.05) is 5.16 Å². The predicted octanol–water partition coefficient (Wildman–Crippen LogP) is 1.93. The molecule has 1 fully saturated rings. The van der Waals surface area contributed by atoms with E-state index in [1.807, 2.05) is 20.8 Å². The summed E-state index contributed by atoms with van der Waals surface area (Å²) in [5, 5.41) is 7.19. The first-order chi connectivity index (χ1) is 8.45. The number of anilines is 1. The van der Waals surface area contributed by atoms with Crippen molar-refractivity contribution in [1.29, 1.82) is 0 Å². The second kappa shape index (κ2) is 4.85. The van der Waals surface area contributed by atoms with Crippen LogP contribution in [-0.2, 0) is 15.1 Å². The van der Waals surface area contributed by atoms with E-state index in [4.69, 9.17) is 14.0 Å². The van der Waals surface area contributed by atoms with Gasteiger partial charge in [0, 0.05) is 38.7 Å². The first kappa shape index (κ1) is 13.3. The third kappa shape index (κ3) is 2.81. The lowest BCUT2D eigenvalue weighted by Crippen LogP contribution is -2.36. The van der Waals surface area contributed by atoms with E-state index in [9.17, 15) is 0 Å². The van der Waals surface area contributed by atoms with E-state index in [-0.39, 0.29) is 5.54 Å². The Balaban J connectivity index is 2.17. The molecule has 0 bridgehead atoms. The number of nitrogens with zero attached hydrogens (tertiary/aromatic N) is 2. The summed E-state index contributed by atoms with van der Waals surface area (Å²) in [4.78, 5) is 4.39. The molecule has 0 spiro atoms. The quantitative estimate of drug-likeness (QED) is 0.890. The Morgan fingerprint density at radius 1 is 1.28 bits per heavy atom. The number of methoxy groups -OCH3 is 1. The molecule has 2 rings (SSSR count). The molecule has 1 aliphatic heterocycles. The van der Waals surface area contributed by atoms with Crippen LogP contribution in [0.25, 0.3) is 0 Å². The standard InChI is InChI=1S/C12H21N3O3/c1-11(2,3)14-10-13-9(15-18-10)12(16-4)5-7-17-8-6-12/h5-8H2,1-4H3,(H,13,14,15). The summed E-state index contributed by atoms with van der Waals surface area (Å²) < 4.78 is 16.2. The van der Waals surface area contributed by atoms with Gasteiger partial charge >= 0.3 is 6.01 Å². The summed E-state index contributed by atoms with van der Waals surface area (Å²) in [6.45, 7) is 7.43. The number of rotatable bonds is 3. The lowest BCUT2D eigenvalue weighted by Gasteiger charge is -2.32. The molecular formula is C12H21N3O3. The van der Waals surface area contributed by atoms with Crippen LogP contribution in [0.2, 0.25) is 0 Å². The fourth-order valence-electron chi connectivity index (χ4n) is 2.00. The maximum absolute atomic E-state index is 5.62. The van der Waals surface area contributed by atoms with E-state index >= 15 is 0 Å². The smallest absolute Gasteiger partial charge is 0.321 e. The molecule has 0 amide bonds. The van der Waals surface area contributed by atoms with E-state index in [2.05, 4.69) is 15.5 Å². The molecule has 102 valence electrons. The molecule has 0 atom stereocenters. The molecule has 1 aromatic rings. The van der Waals surface area contributed by atoms with Crippen molar-refractivity contribution < 1.29 is 14.0 Å². The SMILES string of the molecule is COC1(c2noc(NC(C)(C)C)n2)CCOCC1. The highest BCUT2D eigenvalue weighted by molar-refractivity contribution is 5.24. The summed E-state index contributed by atoms with van der Waals surface area (Å²) in [5.74, 6) is 0.597. The van der Waals surface area contributed by atoms with Gasteiger partial charge in [0.2, 0.25) is 5.82 Å². The van der Waals surface area contributed by atoms with E-state index in [0.29, 0.717) is 25.1 Å². The third-order valence-corrected chi connectivity index (χ3v) is 3.01. The lowest BCUT2D eigenvalue weighted by molar-refractivity contribution is -0.101. The van der Waals surface area contributed by atoms with Crippen molar-refractivity contribution in [3.63, 3.8) is 0 Å². The Morgan fingerprint density at radius 3 is 2.50 bits per heavy atom. The van der Waals surface area contributed by atoms with Crippen molar-refractivity contribution in [3.05, 3.63) is 5.82 Å².